The fourth-order valence-electron chi connectivity index (χ4n) is 2.56. The summed E-state index contributed by atoms with van der Waals surface area (Å²) in [7, 11) is 1.27. The van der Waals surface area contributed by atoms with Gasteiger partial charge in [0.2, 0.25) is 10.0 Å². The van der Waals surface area contributed by atoms with E-state index in [-0.39, 0.29) is 11.4 Å². The van der Waals surface area contributed by atoms with E-state index in [9.17, 15) is 8.42 Å². The Bertz CT molecular complexity index is 916. The Balaban J connectivity index is 1.93. The molecule has 0 aliphatic rings. The molecular formula is C20H28N4O4S. The van der Waals surface area contributed by atoms with Gasteiger partial charge in [0.05, 0.1) is 18.6 Å². The number of sulfonamides is 1. The minimum atomic E-state index is -3.57. The van der Waals surface area contributed by atoms with Crippen molar-refractivity contribution in [3.05, 3.63) is 59.7 Å². The first-order chi connectivity index (χ1) is 14.0. The van der Waals surface area contributed by atoms with Gasteiger partial charge >= 0.3 is 0 Å². The standard InChI is InChI=1S/C20H28N4O4S/c1-21-20(22-14-16-6-4-8-18(12-16)28-3)23-15-17-7-5-9-19(13-17)29(25,26)24-10-11-27-2/h4-9,12-13,24H,10-11,14-15H2,1-3H3,(H2,21,22,23). The van der Waals surface area contributed by atoms with Crippen LogP contribution in [-0.4, -0.2) is 48.8 Å². The zero-order valence-corrected chi connectivity index (χ0v) is 17.8. The minimum Gasteiger partial charge on any atom is -0.497 e. The zero-order chi connectivity index (χ0) is 21.1. The van der Waals surface area contributed by atoms with Crippen molar-refractivity contribution in [3.63, 3.8) is 0 Å². The molecule has 0 amide bonds. The maximum Gasteiger partial charge on any atom is 0.240 e. The fraction of sp³-hybridized carbons (Fsp3) is 0.350. The lowest BCUT2D eigenvalue weighted by molar-refractivity contribution is 0.204. The van der Waals surface area contributed by atoms with Gasteiger partial charge in [-0.2, -0.15) is 0 Å². The average Bonchev–Trinajstić information content (AvgIpc) is 2.74. The summed E-state index contributed by atoms with van der Waals surface area (Å²) >= 11 is 0. The Morgan fingerprint density at radius 1 is 1.00 bits per heavy atom. The summed E-state index contributed by atoms with van der Waals surface area (Å²) < 4.78 is 37.3. The molecule has 3 N–H and O–H groups in total. The van der Waals surface area contributed by atoms with Crippen LogP contribution in [0.3, 0.4) is 0 Å². The molecule has 0 saturated heterocycles. The van der Waals surface area contributed by atoms with Crippen LogP contribution in [0.4, 0.5) is 0 Å². The maximum atomic E-state index is 12.3. The third-order valence-electron chi connectivity index (χ3n) is 4.08. The van der Waals surface area contributed by atoms with E-state index in [4.69, 9.17) is 9.47 Å². The molecule has 8 nitrogen and oxygen atoms in total. The number of nitrogens with zero attached hydrogens (tertiary/aromatic N) is 1. The predicted octanol–water partition coefficient (Wildman–Crippen LogP) is 1.49. The third kappa shape index (κ3) is 7.37. The number of guanidine groups is 1. The third-order valence-corrected chi connectivity index (χ3v) is 5.54. The summed E-state index contributed by atoms with van der Waals surface area (Å²) in [4.78, 5) is 4.42. The number of aliphatic imine (C=N–C) groups is 1. The first-order valence-electron chi connectivity index (χ1n) is 9.13. The Hall–Kier alpha value is -2.62. The predicted molar refractivity (Wildman–Crippen MR) is 114 cm³/mol. The molecule has 29 heavy (non-hydrogen) atoms. The van der Waals surface area contributed by atoms with E-state index < -0.39 is 10.0 Å². The summed E-state index contributed by atoms with van der Waals surface area (Å²) in [5, 5.41) is 6.41. The van der Waals surface area contributed by atoms with E-state index in [2.05, 4.69) is 20.3 Å². The highest BCUT2D eigenvalue weighted by atomic mass is 32.2. The molecule has 9 heteroatoms. The SMILES string of the molecule is CN=C(NCc1cccc(OC)c1)NCc1cccc(S(=O)(=O)NCCOC)c1. The van der Waals surface area contributed by atoms with Crippen LogP contribution >= 0.6 is 0 Å². The van der Waals surface area contributed by atoms with Crippen LogP contribution in [0.25, 0.3) is 0 Å². The fourth-order valence-corrected chi connectivity index (χ4v) is 3.64. The van der Waals surface area contributed by atoms with E-state index in [1.54, 1.807) is 32.4 Å². The van der Waals surface area contributed by atoms with Crippen molar-refractivity contribution in [1.29, 1.82) is 0 Å². The molecule has 0 fully saturated rings. The Morgan fingerprint density at radius 3 is 2.28 bits per heavy atom. The summed E-state index contributed by atoms with van der Waals surface area (Å²) in [6.07, 6.45) is 0. The summed E-state index contributed by atoms with van der Waals surface area (Å²) in [6.45, 7) is 1.55. The number of benzene rings is 2. The van der Waals surface area contributed by atoms with Gasteiger partial charge in [-0.1, -0.05) is 24.3 Å². The molecule has 0 aliphatic heterocycles. The highest BCUT2D eigenvalue weighted by Gasteiger charge is 2.13. The van der Waals surface area contributed by atoms with Crippen LogP contribution in [0.2, 0.25) is 0 Å². The van der Waals surface area contributed by atoms with Gasteiger partial charge in [-0.25, -0.2) is 13.1 Å². The second kappa shape index (κ2) is 11.4. The number of hydrogen-bond donors (Lipinski definition) is 3. The highest BCUT2D eigenvalue weighted by molar-refractivity contribution is 7.89. The monoisotopic (exact) mass is 420 g/mol. The van der Waals surface area contributed by atoms with E-state index in [1.807, 2.05) is 30.3 Å². The molecule has 0 saturated carbocycles. The Morgan fingerprint density at radius 2 is 1.66 bits per heavy atom. The van der Waals surface area contributed by atoms with Crippen molar-refractivity contribution < 1.29 is 17.9 Å². The van der Waals surface area contributed by atoms with Crippen molar-refractivity contribution in [2.75, 3.05) is 34.4 Å². The van der Waals surface area contributed by atoms with Gasteiger partial charge in [-0.15, -0.1) is 0 Å². The number of methoxy groups -OCH3 is 2. The minimum absolute atomic E-state index is 0.215. The van der Waals surface area contributed by atoms with Crippen LogP contribution in [0, 0.1) is 0 Å². The first-order valence-corrected chi connectivity index (χ1v) is 10.6. The van der Waals surface area contributed by atoms with Crippen LogP contribution in [0.15, 0.2) is 58.4 Å². The van der Waals surface area contributed by atoms with E-state index in [0.717, 1.165) is 16.9 Å². The second-order valence-electron chi connectivity index (χ2n) is 6.17. The largest absolute Gasteiger partial charge is 0.497 e. The molecule has 2 rings (SSSR count). The van der Waals surface area contributed by atoms with Gasteiger partial charge in [0.15, 0.2) is 5.96 Å². The summed E-state index contributed by atoms with van der Waals surface area (Å²) in [5.74, 6) is 1.41. The maximum absolute atomic E-state index is 12.3. The van der Waals surface area contributed by atoms with Crippen molar-refractivity contribution >= 4 is 16.0 Å². The lowest BCUT2D eigenvalue weighted by Gasteiger charge is -2.13. The van der Waals surface area contributed by atoms with Gasteiger partial charge in [-0.05, 0) is 35.4 Å². The number of hydrogen-bond acceptors (Lipinski definition) is 5. The normalized spacial score (nSPS) is 11.9. The van der Waals surface area contributed by atoms with Crippen LogP contribution in [0.1, 0.15) is 11.1 Å². The first kappa shape index (κ1) is 22.7. The van der Waals surface area contributed by atoms with Gasteiger partial charge < -0.3 is 20.1 Å². The quantitative estimate of drug-likeness (QED) is 0.306. The molecule has 0 heterocycles. The molecule has 0 atom stereocenters. The van der Waals surface area contributed by atoms with Gasteiger partial charge in [0, 0.05) is 33.8 Å². The Kier molecular flexibility index (Phi) is 8.91. The molecule has 0 spiro atoms. The zero-order valence-electron chi connectivity index (χ0n) is 16.9. The molecular weight excluding hydrogens is 392 g/mol. The second-order valence-corrected chi connectivity index (χ2v) is 7.94. The lowest BCUT2D eigenvalue weighted by Crippen LogP contribution is -2.36. The van der Waals surface area contributed by atoms with Gasteiger partial charge in [-0.3, -0.25) is 4.99 Å². The van der Waals surface area contributed by atoms with Crippen LogP contribution < -0.4 is 20.1 Å². The smallest absolute Gasteiger partial charge is 0.240 e. The van der Waals surface area contributed by atoms with Gasteiger partial charge in [0.1, 0.15) is 5.75 Å². The number of nitrogens with one attached hydrogen (secondary N) is 3. The average molecular weight is 421 g/mol. The summed E-state index contributed by atoms with van der Waals surface area (Å²) in [6, 6.07) is 14.5. The van der Waals surface area contributed by atoms with Gasteiger partial charge in [0.25, 0.3) is 0 Å². The molecule has 0 bridgehead atoms. The molecule has 158 valence electrons. The molecule has 2 aromatic rings. The van der Waals surface area contributed by atoms with E-state index >= 15 is 0 Å². The van der Waals surface area contributed by atoms with E-state index in [1.165, 1.54) is 7.11 Å². The topological polar surface area (TPSA) is 101 Å². The van der Waals surface area contributed by atoms with Crippen LogP contribution in [0.5, 0.6) is 5.75 Å². The molecule has 0 aliphatic carbocycles. The Labute approximate surface area is 172 Å². The molecule has 0 aromatic heterocycles. The highest BCUT2D eigenvalue weighted by Crippen LogP contribution is 2.13. The lowest BCUT2D eigenvalue weighted by atomic mass is 10.2. The van der Waals surface area contributed by atoms with Crippen molar-refractivity contribution in [3.8, 4) is 5.75 Å². The van der Waals surface area contributed by atoms with Crippen molar-refractivity contribution in [1.82, 2.24) is 15.4 Å². The summed E-state index contributed by atoms with van der Waals surface area (Å²) in [5.41, 5.74) is 1.88. The van der Waals surface area contributed by atoms with Crippen molar-refractivity contribution in [2.45, 2.75) is 18.0 Å². The molecule has 2 aromatic carbocycles. The molecule has 0 radical (unpaired) electrons. The number of ether oxygens (including phenoxy) is 2. The number of rotatable bonds is 10. The van der Waals surface area contributed by atoms with Crippen molar-refractivity contribution in [2.24, 2.45) is 4.99 Å². The molecule has 0 unspecified atom stereocenters. The van der Waals surface area contributed by atoms with Crippen LogP contribution in [-0.2, 0) is 27.8 Å². The van der Waals surface area contributed by atoms with E-state index in [0.29, 0.717) is 25.7 Å².